The summed E-state index contributed by atoms with van der Waals surface area (Å²) in [7, 11) is 1.54. The van der Waals surface area contributed by atoms with Crippen LogP contribution in [0, 0.1) is 0 Å². The average Bonchev–Trinajstić information content (AvgIpc) is 3.40. The zero-order chi connectivity index (χ0) is 27.8. The standard InChI is InChI=1S/C30H23N3O6S/c1-3-38-30(36)26-21-16-40-28(25(21)29(35)33(32-26)17-12-14-18(37-2)15-13-17)31-27(34)24-19-8-4-6-10-22(19)39-23-11-7-5-9-20(23)24/h4-16,24H,3H2,1-2H3,(H,31,34). The van der Waals surface area contributed by atoms with Crippen molar-refractivity contribution >= 4 is 39.0 Å². The molecule has 1 aliphatic heterocycles. The van der Waals surface area contributed by atoms with Gasteiger partial charge in [-0.2, -0.15) is 9.78 Å². The Morgan fingerprint density at radius 1 is 1.00 bits per heavy atom. The molecule has 40 heavy (non-hydrogen) atoms. The number of amides is 1. The molecule has 2 aromatic heterocycles. The third-order valence-corrected chi connectivity index (χ3v) is 7.51. The first kappa shape index (κ1) is 25.3. The fourth-order valence-electron chi connectivity index (χ4n) is 4.77. The first-order valence-electron chi connectivity index (χ1n) is 12.5. The number of ether oxygens (including phenoxy) is 3. The Morgan fingerprint density at radius 2 is 1.65 bits per heavy atom. The molecule has 9 nitrogen and oxygen atoms in total. The lowest BCUT2D eigenvalue weighted by molar-refractivity contribution is -0.116. The normalized spacial score (nSPS) is 12.2. The predicted octanol–water partition coefficient (Wildman–Crippen LogP) is 5.51. The maximum atomic E-state index is 13.9. The van der Waals surface area contributed by atoms with E-state index in [1.54, 1.807) is 43.7 Å². The molecule has 0 bridgehead atoms. The quantitative estimate of drug-likeness (QED) is 0.276. The highest BCUT2D eigenvalue weighted by Gasteiger charge is 2.33. The number of esters is 1. The SMILES string of the molecule is CCOC(=O)c1nn(-c2ccc(OC)cc2)c(=O)c2c(NC(=O)C3c4ccccc4Oc4ccccc43)scc12. The van der Waals surface area contributed by atoms with Gasteiger partial charge in [-0.25, -0.2) is 4.79 Å². The molecule has 0 saturated carbocycles. The van der Waals surface area contributed by atoms with Crippen LogP contribution in [-0.2, 0) is 9.53 Å². The van der Waals surface area contributed by atoms with E-state index in [0.29, 0.717) is 44.5 Å². The number of methoxy groups -OCH3 is 1. The van der Waals surface area contributed by atoms with Crippen LogP contribution in [0.5, 0.6) is 17.2 Å². The Bertz CT molecular complexity index is 1780. The molecule has 0 saturated heterocycles. The summed E-state index contributed by atoms with van der Waals surface area (Å²) in [5.41, 5.74) is 1.34. The Hall–Kier alpha value is -4.96. The molecule has 0 fully saturated rings. The third kappa shape index (κ3) is 4.28. The summed E-state index contributed by atoms with van der Waals surface area (Å²) in [4.78, 5) is 40.6. The first-order chi connectivity index (χ1) is 19.5. The topological polar surface area (TPSA) is 109 Å². The molecule has 5 aromatic rings. The Labute approximate surface area is 232 Å². The van der Waals surface area contributed by atoms with Gasteiger partial charge in [0, 0.05) is 21.9 Å². The summed E-state index contributed by atoms with van der Waals surface area (Å²) in [5.74, 6) is 0.105. The maximum absolute atomic E-state index is 13.9. The lowest BCUT2D eigenvalue weighted by Crippen LogP contribution is -2.27. The second kappa shape index (κ2) is 10.3. The Kier molecular flexibility index (Phi) is 6.53. The number of hydrogen-bond donors (Lipinski definition) is 1. The predicted molar refractivity (Wildman–Crippen MR) is 151 cm³/mol. The largest absolute Gasteiger partial charge is 0.497 e. The monoisotopic (exact) mass is 553 g/mol. The molecule has 200 valence electrons. The van der Waals surface area contributed by atoms with Crippen LogP contribution in [0.15, 0.2) is 83.0 Å². The van der Waals surface area contributed by atoms with E-state index in [1.807, 2.05) is 48.5 Å². The summed E-state index contributed by atoms with van der Waals surface area (Å²) < 4.78 is 17.6. The van der Waals surface area contributed by atoms with E-state index in [1.165, 1.54) is 0 Å². The van der Waals surface area contributed by atoms with E-state index in [9.17, 15) is 14.4 Å². The van der Waals surface area contributed by atoms with Crippen molar-refractivity contribution in [1.29, 1.82) is 0 Å². The van der Waals surface area contributed by atoms with Crippen molar-refractivity contribution in [3.63, 3.8) is 0 Å². The molecule has 3 aromatic carbocycles. The minimum absolute atomic E-state index is 0.0224. The number of hydrogen-bond acceptors (Lipinski definition) is 8. The molecule has 3 heterocycles. The number of benzene rings is 3. The number of nitrogens with one attached hydrogen (secondary N) is 1. The van der Waals surface area contributed by atoms with Crippen molar-refractivity contribution < 1.29 is 23.8 Å². The van der Waals surface area contributed by atoms with E-state index >= 15 is 0 Å². The van der Waals surface area contributed by atoms with Crippen molar-refractivity contribution in [2.45, 2.75) is 12.8 Å². The van der Waals surface area contributed by atoms with Gasteiger partial charge in [0.1, 0.15) is 22.2 Å². The van der Waals surface area contributed by atoms with E-state index in [0.717, 1.165) is 16.0 Å². The van der Waals surface area contributed by atoms with Gasteiger partial charge >= 0.3 is 5.97 Å². The Morgan fingerprint density at radius 3 is 2.27 bits per heavy atom. The molecule has 1 N–H and O–H groups in total. The lowest BCUT2D eigenvalue weighted by Gasteiger charge is -2.27. The molecule has 0 spiro atoms. The number of thiophene rings is 1. The van der Waals surface area contributed by atoms with E-state index in [-0.39, 0.29) is 23.6 Å². The number of para-hydroxylation sites is 2. The molecule has 0 radical (unpaired) electrons. The zero-order valence-electron chi connectivity index (χ0n) is 21.5. The molecule has 0 unspecified atom stereocenters. The highest BCUT2D eigenvalue weighted by molar-refractivity contribution is 7.16. The molecule has 6 rings (SSSR count). The van der Waals surface area contributed by atoms with E-state index in [2.05, 4.69) is 10.4 Å². The van der Waals surface area contributed by atoms with Gasteiger partial charge in [0.25, 0.3) is 5.56 Å². The number of nitrogens with zero attached hydrogens (tertiary/aromatic N) is 2. The van der Waals surface area contributed by atoms with Gasteiger partial charge in [-0.15, -0.1) is 11.3 Å². The number of carbonyl (C=O) groups is 2. The molecular weight excluding hydrogens is 530 g/mol. The van der Waals surface area contributed by atoms with Crippen LogP contribution >= 0.6 is 11.3 Å². The van der Waals surface area contributed by atoms with E-state index in [4.69, 9.17) is 14.2 Å². The fraction of sp³-hybridized carbons (Fsp3) is 0.133. The minimum atomic E-state index is -0.673. The van der Waals surface area contributed by atoms with Gasteiger partial charge in [0.05, 0.1) is 30.7 Å². The van der Waals surface area contributed by atoms with Crippen molar-refractivity contribution in [1.82, 2.24) is 9.78 Å². The number of carbonyl (C=O) groups excluding carboxylic acids is 2. The van der Waals surface area contributed by atoms with Crippen molar-refractivity contribution in [3.8, 4) is 22.9 Å². The molecule has 1 amide bonds. The van der Waals surface area contributed by atoms with Crippen LogP contribution in [-0.4, -0.2) is 35.4 Å². The Balaban J connectivity index is 1.48. The molecule has 10 heteroatoms. The number of fused-ring (bicyclic) bond motifs is 3. The second-order valence-corrected chi connectivity index (χ2v) is 9.82. The number of rotatable bonds is 6. The summed E-state index contributed by atoms with van der Waals surface area (Å²) in [6.45, 7) is 1.83. The number of aromatic nitrogens is 2. The minimum Gasteiger partial charge on any atom is -0.497 e. The first-order valence-corrected chi connectivity index (χ1v) is 13.4. The van der Waals surface area contributed by atoms with Gasteiger partial charge < -0.3 is 19.5 Å². The summed E-state index contributed by atoms with van der Waals surface area (Å²) in [5, 5.41) is 9.73. The van der Waals surface area contributed by atoms with Gasteiger partial charge in [0.15, 0.2) is 5.69 Å². The van der Waals surface area contributed by atoms with Gasteiger partial charge in [-0.1, -0.05) is 36.4 Å². The highest BCUT2D eigenvalue weighted by Crippen LogP contribution is 2.44. The average molecular weight is 554 g/mol. The fourth-order valence-corrected chi connectivity index (χ4v) is 5.71. The molecular formula is C30H23N3O6S. The highest BCUT2D eigenvalue weighted by atomic mass is 32.1. The van der Waals surface area contributed by atoms with Gasteiger partial charge in [-0.05, 0) is 43.3 Å². The number of anilines is 1. The lowest BCUT2D eigenvalue weighted by atomic mass is 9.87. The van der Waals surface area contributed by atoms with Gasteiger partial charge in [0.2, 0.25) is 5.91 Å². The van der Waals surface area contributed by atoms with Crippen molar-refractivity contribution in [2.24, 2.45) is 0 Å². The van der Waals surface area contributed by atoms with Crippen LogP contribution in [0.4, 0.5) is 5.00 Å². The summed E-state index contributed by atoms with van der Waals surface area (Å²) in [6.07, 6.45) is 0. The van der Waals surface area contributed by atoms with Crippen LogP contribution in [0.1, 0.15) is 34.5 Å². The van der Waals surface area contributed by atoms with Crippen LogP contribution in [0.2, 0.25) is 0 Å². The maximum Gasteiger partial charge on any atom is 0.359 e. The molecule has 1 aliphatic rings. The van der Waals surface area contributed by atoms with Crippen molar-refractivity contribution in [3.05, 3.63) is 105 Å². The third-order valence-electron chi connectivity index (χ3n) is 6.62. The van der Waals surface area contributed by atoms with E-state index < -0.39 is 17.4 Å². The summed E-state index contributed by atoms with van der Waals surface area (Å²) >= 11 is 1.15. The van der Waals surface area contributed by atoms with Crippen LogP contribution < -0.4 is 20.3 Å². The summed E-state index contributed by atoms with van der Waals surface area (Å²) in [6, 6.07) is 21.4. The second-order valence-electron chi connectivity index (χ2n) is 8.94. The molecule has 0 aliphatic carbocycles. The smallest absolute Gasteiger partial charge is 0.359 e. The van der Waals surface area contributed by atoms with Crippen LogP contribution in [0.3, 0.4) is 0 Å². The van der Waals surface area contributed by atoms with Gasteiger partial charge in [-0.3, -0.25) is 9.59 Å². The zero-order valence-corrected chi connectivity index (χ0v) is 22.4. The molecule has 0 atom stereocenters. The van der Waals surface area contributed by atoms with Crippen LogP contribution in [0.25, 0.3) is 16.5 Å². The van der Waals surface area contributed by atoms with Crippen molar-refractivity contribution in [2.75, 3.05) is 19.0 Å².